The number of rotatable bonds is 4. The lowest BCUT2D eigenvalue weighted by Gasteiger charge is -2.20. The molecule has 0 saturated heterocycles. The Labute approximate surface area is 119 Å². The Balaban J connectivity index is 1.86. The van der Waals surface area contributed by atoms with Crippen molar-refractivity contribution in [1.82, 2.24) is 5.32 Å². The van der Waals surface area contributed by atoms with Gasteiger partial charge < -0.3 is 5.32 Å². The van der Waals surface area contributed by atoms with Gasteiger partial charge in [0.2, 0.25) is 5.91 Å². The molecule has 2 heteroatoms. The Morgan fingerprint density at radius 3 is 1.85 bits per heavy atom. The van der Waals surface area contributed by atoms with Crippen molar-refractivity contribution in [3.05, 3.63) is 71.8 Å². The molecule has 102 valence electrons. The van der Waals surface area contributed by atoms with Crippen molar-refractivity contribution in [2.24, 2.45) is 11.8 Å². The third-order valence-electron chi connectivity index (χ3n) is 4.00. The fourth-order valence-electron chi connectivity index (χ4n) is 2.59. The Morgan fingerprint density at radius 1 is 1.00 bits per heavy atom. The first-order valence-electron chi connectivity index (χ1n) is 7.16. The number of hydrogen-bond acceptors (Lipinski definition) is 1. The van der Waals surface area contributed by atoms with E-state index in [4.69, 9.17) is 0 Å². The van der Waals surface area contributed by atoms with E-state index in [0.29, 0.717) is 5.92 Å². The van der Waals surface area contributed by atoms with E-state index in [0.717, 1.165) is 17.5 Å². The van der Waals surface area contributed by atoms with E-state index in [9.17, 15) is 4.79 Å². The van der Waals surface area contributed by atoms with E-state index < -0.39 is 0 Å². The molecule has 20 heavy (non-hydrogen) atoms. The molecule has 1 amide bonds. The number of carbonyl (C=O) groups is 1. The Morgan fingerprint density at radius 2 is 1.45 bits per heavy atom. The molecule has 0 unspecified atom stereocenters. The summed E-state index contributed by atoms with van der Waals surface area (Å²) in [6.45, 7) is 2.13. The summed E-state index contributed by atoms with van der Waals surface area (Å²) in [6, 6.07) is 20.2. The third kappa shape index (κ3) is 2.74. The second kappa shape index (κ2) is 5.49. The van der Waals surface area contributed by atoms with Crippen LogP contribution in [0.15, 0.2) is 60.7 Å². The average molecular weight is 265 g/mol. The molecule has 0 spiro atoms. The zero-order chi connectivity index (χ0) is 13.9. The van der Waals surface area contributed by atoms with Crippen molar-refractivity contribution in [2.45, 2.75) is 19.4 Å². The van der Waals surface area contributed by atoms with Crippen molar-refractivity contribution >= 4 is 5.91 Å². The second-order valence-electron chi connectivity index (χ2n) is 5.58. The standard InChI is InChI=1S/C18H19NO/c1-13-12-16(13)18(20)19-17(14-8-4-2-5-9-14)15-10-6-3-7-11-15/h2-11,13,16-17H,12H2,1H3,(H,19,20)/t13-,16+/m0/s1. The normalized spacial score (nSPS) is 20.7. The zero-order valence-corrected chi connectivity index (χ0v) is 11.6. The molecule has 0 bridgehead atoms. The molecule has 1 aliphatic carbocycles. The lowest BCUT2D eigenvalue weighted by atomic mass is 9.98. The first kappa shape index (κ1) is 12.9. The molecule has 0 radical (unpaired) electrons. The maximum absolute atomic E-state index is 12.3. The fourth-order valence-corrected chi connectivity index (χ4v) is 2.59. The van der Waals surface area contributed by atoms with Gasteiger partial charge in [0, 0.05) is 5.92 Å². The van der Waals surface area contributed by atoms with Gasteiger partial charge >= 0.3 is 0 Å². The highest BCUT2D eigenvalue weighted by Gasteiger charge is 2.39. The van der Waals surface area contributed by atoms with Crippen LogP contribution >= 0.6 is 0 Å². The summed E-state index contributed by atoms with van der Waals surface area (Å²) in [5.41, 5.74) is 2.25. The summed E-state index contributed by atoms with van der Waals surface area (Å²) in [5, 5.41) is 3.20. The first-order valence-corrected chi connectivity index (χ1v) is 7.16. The molecule has 1 saturated carbocycles. The van der Waals surface area contributed by atoms with Gasteiger partial charge in [0.1, 0.15) is 0 Å². The molecule has 0 heterocycles. The van der Waals surface area contributed by atoms with E-state index >= 15 is 0 Å². The van der Waals surface area contributed by atoms with Crippen molar-refractivity contribution in [3.63, 3.8) is 0 Å². The van der Waals surface area contributed by atoms with Gasteiger partial charge in [-0.1, -0.05) is 67.6 Å². The number of nitrogens with one attached hydrogen (secondary N) is 1. The van der Waals surface area contributed by atoms with Crippen LogP contribution in [0.4, 0.5) is 0 Å². The van der Waals surface area contributed by atoms with Crippen LogP contribution in [0.3, 0.4) is 0 Å². The van der Waals surface area contributed by atoms with Gasteiger partial charge in [-0.05, 0) is 23.5 Å². The zero-order valence-electron chi connectivity index (χ0n) is 11.6. The minimum Gasteiger partial charge on any atom is -0.345 e. The van der Waals surface area contributed by atoms with Crippen LogP contribution in [0.2, 0.25) is 0 Å². The van der Waals surface area contributed by atoms with Gasteiger partial charge in [0.25, 0.3) is 0 Å². The van der Waals surface area contributed by atoms with Crippen LogP contribution in [0.25, 0.3) is 0 Å². The molecular weight excluding hydrogens is 246 g/mol. The van der Waals surface area contributed by atoms with Crippen molar-refractivity contribution in [3.8, 4) is 0 Å². The summed E-state index contributed by atoms with van der Waals surface area (Å²) in [7, 11) is 0. The summed E-state index contributed by atoms with van der Waals surface area (Å²) < 4.78 is 0. The van der Waals surface area contributed by atoms with Crippen LogP contribution in [0.5, 0.6) is 0 Å². The molecule has 2 nitrogen and oxygen atoms in total. The molecule has 2 aromatic rings. The fraction of sp³-hybridized carbons (Fsp3) is 0.278. The highest BCUT2D eigenvalue weighted by atomic mass is 16.2. The van der Waals surface area contributed by atoms with Gasteiger partial charge in [-0.3, -0.25) is 4.79 Å². The maximum atomic E-state index is 12.3. The van der Waals surface area contributed by atoms with Crippen molar-refractivity contribution in [1.29, 1.82) is 0 Å². The van der Waals surface area contributed by atoms with Crippen LogP contribution in [-0.2, 0) is 4.79 Å². The van der Waals surface area contributed by atoms with E-state index in [1.807, 2.05) is 36.4 Å². The summed E-state index contributed by atoms with van der Waals surface area (Å²) in [5.74, 6) is 0.905. The maximum Gasteiger partial charge on any atom is 0.224 e. The van der Waals surface area contributed by atoms with Gasteiger partial charge in [-0.2, -0.15) is 0 Å². The van der Waals surface area contributed by atoms with Crippen LogP contribution in [-0.4, -0.2) is 5.91 Å². The van der Waals surface area contributed by atoms with Crippen molar-refractivity contribution < 1.29 is 4.79 Å². The number of amides is 1. The predicted molar refractivity (Wildman–Crippen MR) is 80.1 cm³/mol. The number of carbonyl (C=O) groups excluding carboxylic acids is 1. The molecule has 1 aliphatic rings. The quantitative estimate of drug-likeness (QED) is 0.900. The topological polar surface area (TPSA) is 29.1 Å². The Hall–Kier alpha value is -2.09. The Kier molecular flexibility index (Phi) is 3.55. The molecular formula is C18H19NO. The highest BCUT2D eigenvalue weighted by Crippen LogP contribution is 2.38. The van der Waals surface area contributed by atoms with Crippen molar-refractivity contribution in [2.75, 3.05) is 0 Å². The lowest BCUT2D eigenvalue weighted by Crippen LogP contribution is -2.30. The monoisotopic (exact) mass is 265 g/mol. The first-order chi connectivity index (χ1) is 9.75. The van der Waals surface area contributed by atoms with E-state index in [1.54, 1.807) is 0 Å². The van der Waals surface area contributed by atoms with Crippen LogP contribution in [0.1, 0.15) is 30.5 Å². The number of hydrogen-bond donors (Lipinski definition) is 1. The van der Waals surface area contributed by atoms with Crippen LogP contribution in [0, 0.1) is 11.8 Å². The molecule has 1 N–H and O–H groups in total. The minimum atomic E-state index is -0.0577. The summed E-state index contributed by atoms with van der Waals surface area (Å²) in [4.78, 5) is 12.3. The summed E-state index contributed by atoms with van der Waals surface area (Å²) >= 11 is 0. The molecule has 1 fully saturated rings. The summed E-state index contributed by atoms with van der Waals surface area (Å²) in [6.07, 6.45) is 1.02. The third-order valence-corrected chi connectivity index (χ3v) is 4.00. The molecule has 2 aromatic carbocycles. The van der Waals surface area contributed by atoms with Crippen LogP contribution < -0.4 is 5.32 Å². The molecule has 2 atom stereocenters. The van der Waals surface area contributed by atoms with E-state index in [2.05, 4.69) is 36.5 Å². The second-order valence-corrected chi connectivity index (χ2v) is 5.58. The van der Waals surface area contributed by atoms with Gasteiger partial charge in [-0.25, -0.2) is 0 Å². The van der Waals surface area contributed by atoms with Gasteiger partial charge in [-0.15, -0.1) is 0 Å². The predicted octanol–water partition coefficient (Wildman–Crippen LogP) is 3.55. The highest BCUT2D eigenvalue weighted by molar-refractivity contribution is 5.82. The molecule has 0 aliphatic heterocycles. The SMILES string of the molecule is C[C@H]1C[C@H]1C(=O)NC(c1ccccc1)c1ccccc1. The largest absolute Gasteiger partial charge is 0.345 e. The van der Waals surface area contributed by atoms with Gasteiger partial charge in [0.15, 0.2) is 0 Å². The Bertz CT molecular complexity index is 539. The number of benzene rings is 2. The molecule has 3 rings (SSSR count). The van der Waals surface area contributed by atoms with E-state index in [-0.39, 0.29) is 17.9 Å². The smallest absolute Gasteiger partial charge is 0.224 e. The van der Waals surface area contributed by atoms with Gasteiger partial charge in [0.05, 0.1) is 6.04 Å². The lowest BCUT2D eigenvalue weighted by molar-refractivity contribution is -0.123. The minimum absolute atomic E-state index is 0.0577. The van der Waals surface area contributed by atoms with E-state index in [1.165, 1.54) is 0 Å². The molecule has 0 aromatic heterocycles. The average Bonchev–Trinajstić information content (AvgIpc) is 3.23.